The van der Waals surface area contributed by atoms with Crippen LogP contribution in [0.3, 0.4) is 0 Å². The lowest BCUT2D eigenvalue weighted by molar-refractivity contribution is -0.354. The van der Waals surface area contributed by atoms with Gasteiger partial charge in [0.05, 0.1) is 6.20 Å². The third-order valence-corrected chi connectivity index (χ3v) is 1.09. The number of fused-ring (bicyclic) bond motifs is 1. The molecule has 4 nitrogen and oxygen atoms in total. The van der Waals surface area contributed by atoms with Crippen molar-refractivity contribution in [1.82, 2.24) is 10.2 Å². The number of hydrogen-bond acceptors (Lipinski definition) is 3. The zero-order chi connectivity index (χ0) is 6.10. The van der Waals surface area contributed by atoms with Crippen LogP contribution in [0.5, 0.6) is 0 Å². The van der Waals surface area contributed by atoms with E-state index in [1.165, 1.54) is 6.39 Å². The molecule has 0 radical (unpaired) electrons. The lowest BCUT2D eigenvalue weighted by Gasteiger charge is -1.73. The van der Waals surface area contributed by atoms with Gasteiger partial charge in [-0.3, -0.25) is 0 Å². The molecule has 0 atom stereocenters. The standard InChI is InChI=1S/C5H3N3O/c1-4-5(2-8-7-1)9-3-6-4/h1-3H/p+1. The van der Waals surface area contributed by atoms with E-state index < -0.39 is 0 Å². The highest BCUT2D eigenvalue weighted by atomic mass is 16.3. The first-order chi connectivity index (χ1) is 4.47. The van der Waals surface area contributed by atoms with Gasteiger partial charge in [-0.05, 0) is 0 Å². The van der Waals surface area contributed by atoms with Crippen molar-refractivity contribution in [2.75, 3.05) is 0 Å². The van der Waals surface area contributed by atoms with Crippen LogP contribution < -0.4 is 4.98 Å². The quantitative estimate of drug-likeness (QED) is 0.495. The molecule has 0 aliphatic heterocycles. The normalized spacial score (nSPS) is 10.2. The number of aromatic amines is 1. The molecule has 0 aliphatic rings. The Labute approximate surface area is 50.5 Å². The second-order valence-electron chi connectivity index (χ2n) is 1.65. The van der Waals surface area contributed by atoms with E-state index in [0.717, 1.165) is 11.1 Å². The molecule has 0 spiro atoms. The van der Waals surface area contributed by atoms with E-state index in [2.05, 4.69) is 15.2 Å². The summed E-state index contributed by atoms with van der Waals surface area (Å²) in [6.07, 6.45) is 4.67. The van der Waals surface area contributed by atoms with E-state index in [0.29, 0.717) is 0 Å². The molecule has 2 aromatic rings. The van der Waals surface area contributed by atoms with Gasteiger partial charge in [-0.15, -0.1) is 0 Å². The summed E-state index contributed by atoms with van der Waals surface area (Å²) in [5.41, 5.74) is 1.59. The molecule has 44 valence electrons. The predicted molar refractivity (Wildman–Crippen MR) is 28.4 cm³/mol. The summed E-state index contributed by atoms with van der Waals surface area (Å²) in [4.78, 5) is 2.85. The topological polar surface area (TPSA) is 53.1 Å². The van der Waals surface area contributed by atoms with E-state index in [9.17, 15) is 0 Å². The molecule has 4 heteroatoms. The van der Waals surface area contributed by atoms with Gasteiger partial charge in [0.15, 0.2) is 0 Å². The van der Waals surface area contributed by atoms with Gasteiger partial charge in [0, 0.05) is 0 Å². The summed E-state index contributed by atoms with van der Waals surface area (Å²) in [6, 6.07) is 0. The van der Waals surface area contributed by atoms with Crippen LogP contribution in [0, 0.1) is 0 Å². The molecule has 0 unspecified atom stereocenters. The van der Waals surface area contributed by atoms with Crippen molar-refractivity contribution in [3.05, 3.63) is 18.8 Å². The van der Waals surface area contributed by atoms with Crippen molar-refractivity contribution in [2.45, 2.75) is 0 Å². The van der Waals surface area contributed by atoms with Crippen LogP contribution >= 0.6 is 0 Å². The molecule has 2 heterocycles. The summed E-state index contributed by atoms with van der Waals surface area (Å²) < 4.78 is 4.96. The Morgan fingerprint density at radius 3 is 3.11 bits per heavy atom. The monoisotopic (exact) mass is 122 g/mol. The van der Waals surface area contributed by atoms with Crippen LogP contribution in [0.4, 0.5) is 0 Å². The highest BCUT2D eigenvalue weighted by Crippen LogP contribution is 2.01. The molecule has 0 fully saturated rings. The predicted octanol–water partition coefficient (Wildman–Crippen LogP) is 0.0369. The number of oxazole rings is 1. The lowest BCUT2D eigenvalue weighted by Crippen LogP contribution is -1.94. The summed E-state index contributed by atoms with van der Waals surface area (Å²) in [6.45, 7) is 0. The number of nitrogens with one attached hydrogen (secondary N) is 1. The Morgan fingerprint density at radius 2 is 2.22 bits per heavy atom. The minimum absolute atomic E-state index is 0.727. The van der Waals surface area contributed by atoms with Gasteiger partial charge in [0.1, 0.15) is 6.20 Å². The van der Waals surface area contributed by atoms with Gasteiger partial charge < -0.3 is 4.42 Å². The maximum atomic E-state index is 4.96. The van der Waals surface area contributed by atoms with Gasteiger partial charge in [-0.1, -0.05) is 0 Å². The summed E-state index contributed by atoms with van der Waals surface area (Å²) in [5, 5.41) is 7.27. The molecule has 0 aliphatic carbocycles. The SMILES string of the molecule is c1[nH+]c2cnncc2o1. The van der Waals surface area contributed by atoms with Gasteiger partial charge >= 0.3 is 6.39 Å². The van der Waals surface area contributed by atoms with Gasteiger partial charge in [-0.25, -0.2) is 0 Å². The second-order valence-corrected chi connectivity index (χ2v) is 1.65. The van der Waals surface area contributed by atoms with Crippen molar-refractivity contribution in [2.24, 2.45) is 0 Å². The molecule has 2 rings (SSSR count). The molecular weight excluding hydrogens is 118 g/mol. The van der Waals surface area contributed by atoms with Crippen LogP contribution in [-0.4, -0.2) is 10.2 Å². The number of aromatic nitrogens is 3. The van der Waals surface area contributed by atoms with E-state index in [1.54, 1.807) is 12.4 Å². The van der Waals surface area contributed by atoms with Crippen molar-refractivity contribution in [1.29, 1.82) is 0 Å². The summed E-state index contributed by atoms with van der Waals surface area (Å²) in [5.74, 6) is 0. The van der Waals surface area contributed by atoms with Gasteiger partial charge in [-0.2, -0.15) is 15.2 Å². The fraction of sp³-hybridized carbons (Fsp3) is 0. The lowest BCUT2D eigenvalue weighted by atomic mass is 10.5. The van der Waals surface area contributed by atoms with E-state index >= 15 is 0 Å². The molecule has 0 saturated carbocycles. The molecule has 0 aromatic carbocycles. The van der Waals surface area contributed by atoms with Gasteiger partial charge in [0.25, 0.3) is 5.52 Å². The van der Waals surface area contributed by atoms with E-state index in [4.69, 9.17) is 4.42 Å². The van der Waals surface area contributed by atoms with Crippen molar-refractivity contribution >= 4 is 11.1 Å². The summed E-state index contributed by atoms with van der Waals surface area (Å²) >= 11 is 0. The first-order valence-corrected chi connectivity index (χ1v) is 2.52. The van der Waals surface area contributed by atoms with Crippen LogP contribution in [-0.2, 0) is 0 Å². The van der Waals surface area contributed by atoms with Crippen molar-refractivity contribution < 1.29 is 9.40 Å². The Bertz CT molecular complexity index is 286. The van der Waals surface area contributed by atoms with E-state index in [-0.39, 0.29) is 0 Å². The first kappa shape index (κ1) is 4.43. The average molecular weight is 122 g/mol. The second kappa shape index (κ2) is 1.51. The minimum atomic E-state index is 0.727. The third kappa shape index (κ3) is 0.561. The number of hydrogen-bond donors (Lipinski definition) is 0. The highest BCUT2D eigenvalue weighted by molar-refractivity contribution is 5.64. The molecule has 2 aromatic heterocycles. The molecular formula is C5H4N3O+. The molecule has 1 N–H and O–H groups in total. The number of nitrogens with zero attached hydrogens (tertiary/aromatic N) is 2. The molecule has 0 amide bonds. The Balaban J connectivity index is 2.95. The van der Waals surface area contributed by atoms with Crippen LogP contribution in [0.15, 0.2) is 23.2 Å². The maximum Gasteiger partial charge on any atom is 0.333 e. The van der Waals surface area contributed by atoms with Crippen LogP contribution in [0.2, 0.25) is 0 Å². The number of rotatable bonds is 0. The van der Waals surface area contributed by atoms with Crippen molar-refractivity contribution in [3.63, 3.8) is 0 Å². The maximum absolute atomic E-state index is 4.96. The summed E-state index contributed by atoms with van der Waals surface area (Å²) in [7, 11) is 0. The fourth-order valence-electron chi connectivity index (χ4n) is 0.669. The molecule has 9 heavy (non-hydrogen) atoms. The third-order valence-electron chi connectivity index (χ3n) is 1.09. The average Bonchev–Trinajstić information content (AvgIpc) is 2.33. The van der Waals surface area contributed by atoms with Crippen molar-refractivity contribution in [3.8, 4) is 0 Å². The van der Waals surface area contributed by atoms with Crippen LogP contribution in [0.25, 0.3) is 11.1 Å². The zero-order valence-electron chi connectivity index (χ0n) is 4.53. The fourth-order valence-corrected chi connectivity index (χ4v) is 0.669. The minimum Gasteiger partial charge on any atom is -0.402 e. The van der Waals surface area contributed by atoms with Crippen LogP contribution in [0.1, 0.15) is 0 Å². The van der Waals surface area contributed by atoms with Gasteiger partial charge in [0.2, 0.25) is 5.58 Å². The molecule has 0 bridgehead atoms. The Morgan fingerprint density at radius 1 is 1.33 bits per heavy atom. The van der Waals surface area contributed by atoms with E-state index in [1.807, 2.05) is 0 Å². The highest BCUT2D eigenvalue weighted by Gasteiger charge is 2.00. The smallest absolute Gasteiger partial charge is 0.333 e. The Kier molecular flexibility index (Phi) is 0.745. The largest absolute Gasteiger partial charge is 0.402 e. The first-order valence-electron chi connectivity index (χ1n) is 2.52. The Hall–Kier alpha value is -1.45. The number of H-pyrrole nitrogens is 1. The molecule has 0 saturated heterocycles. The zero-order valence-corrected chi connectivity index (χ0v) is 4.53.